The number of hydrogen-bond donors (Lipinski definition) is 4. The first-order chi connectivity index (χ1) is 17.5. The number of nitrogens with two attached hydrogens (primary N) is 1. The van der Waals surface area contributed by atoms with E-state index in [-0.39, 0.29) is 5.71 Å². The molecular formula is C28H35N7O. The first-order valence-corrected chi connectivity index (χ1v) is 12.7. The highest BCUT2D eigenvalue weighted by molar-refractivity contribution is 6.16. The van der Waals surface area contributed by atoms with Crippen molar-refractivity contribution in [2.24, 2.45) is 0 Å². The minimum atomic E-state index is 0.288. The van der Waals surface area contributed by atoms with Crippen LogP contribution in [0, 0.1) is 19.3 Å². The number of hydrogen-bond acceptors (Lipinski definition) is 8. The summed E-state index contributed by atoms with van der Waals surface area (Å²) in [7, 11) is 0. The molecule has 0 radical (unpaired) electrons. The monoisotopic (exact) mass is 485 g/mol. The van der Waals surface area contributed by atoms with E-state index in [1.807, 2.05) is 58.0 Å². The van der Waals surface area contributed by atoms with Crippen LogP contribution in [0.3, 0.4) is 0 Å². The zero-order valence-corrected chi connectivity index (χ0v) is 21.5. The number of nitrogens with one attached hydrogen (secondary N) is 3. The van der Waals surface area contributed by atoms with E-state index in [1.165, 1.54) is 25.6 Å². The average molecular weight is 486 g/mol. The number of benzene rings is 2. The molecule has 2 aromatic heterocycles. The van der Waals surface area contributed by atoms with Crippen molar-refractivity contribution < 1.29 is 4.42 Å². The molecule has 0 amide bonds. The van der Waals surface area contributed by atoms with Crippen molar-refractivity contribution in [1.29, 1.82) is 5.41 Å². The van der Waals surface area contributed by atoms with Gasteiger partial charge >= 0.3 is 0 Å². The van der Waals surface area contributed by atoms with Gasteiger partial charge in [0, 0.05) is 17.3 Å². The van der Waals surface area contributed by atoms with E-state index in [9.17, 15) is 0 Å². The summed E-state index contributed by atoms with van der Waals surface area (Å²) in [4.78, 5) is 13.1. The minimum absolute atomic E-state index is 0.288. The van der Waals surface area contributed by atoms with Gasteiger partial charge in [-0.1, -0.05) is 51.3 Å². The Labute approximate surface area is 212 Å². The molecule has 0 spiro atoms. The Balaban J connectivity index is 0.00000148. The number of nitrogens with zero attached hydrogens (tertiary/aromatic N) is 3. The summed E-state index contributed by atoms with van der Waals surface area (Å²) in [6, 6.07) is 12.4. The lowest BCUT2D eigenvalue weighted by Gasteiger charge is -2.24. The third kappa shape index (κ3) is 5.48. The van der Waals surface area contributed by atoms with E-state index in [1.54, 1.807) is 0 Å². The molecule has 1 aliphatic carbocycles. The Morgan fingerprint density at radius 1 is 1.03 bits per heavy atom. The van der Waals surface area contributed by atoms with Gasteiger partial charge in [-0.05, 0) is 56.0 Å². The van der Waals surface area contributed by atoms with Crippen LogP contribution in [0.25, 0.3) is 11.1 Å². The third-order valence-corrected chi connectivity index (χ3v) is 6.32. The SMILES string of the molecule is CC.Cc1cc(C)c2oc(Nc3ccc(C(=N)c4c(N)ncnc4NC4CCCCC4)cc3)nc2c1. The molecule has 188 valence electrons. The van der Waals surface area contributed by atoms with Crippen molar-refractivity contribution in [3.8, 4) is 0 Å². The Bertz CT molecular complexity index is 1340. The summed E-state index contributed by atoms with van der Waals surface area (Å²) in [5.41, 5.74) is 12.4. The normalized spacial score (nSPS) is 13.7. The van der Waals surface area contributed by atoms with Gasteiger partial charge in [0.15, 0.2) is 5.58 Å². The van der Waals surface area contributed by atoms with Crippen molar-refractivity contribution in [3.63, 3.8) is 0 Å². The molecule has 2 heterocycles. The number of oxazole rings is 1. The molecule has 0 aliphatic heterocycles. The van der Waals surface area contributed by atoms with Crippen LogP contribution in [-0.2, 0) is 0 Å². The van der Waals surface area contributed by atoms with Crippen LogP contribution in [0.15, 0.2) is 47.1 Å². The Morgan fingerprint density at radius 3 is 2.47 bits per heavy atom. The second-order valence-electron chi connectivity index (χ2n) is 8.99. The van der Waals surface area contributed by atoms with Crippen LogP contribution < -0.4 is 16.4 Å². The maximum atomic E-state index is 8.83. The second-order valence-corrected chi connectivity index (χ2v) is 8.99. The lowest BCUT2D eigenvalue weighted by molar-refractivity contribution is 0.462. The number of rotatable bonds is 6. The Kier molecular flexibility index (Phi) is 7.83. The van der Waals surface area contributed by atoms with Crippen molar-refractivity contribution in [1.82, 2.24) is 15.0 Å². The number of nitrogen functional groups attached to an aromatic ring is 1. The molecule has 2 aromatic carbocycles. The highest BCUT2D eigenvalue weighted by Gasteiger charge is 2.20. The molecule has 1 fully saturated rings. The predicted molar refractivity (Wildman–Crippen MR) is 147 cm³/mol. The molecule has 0 bridgehead atoms. The van der Waals surface area contributed by atoms with Crippen LogP contribution in [0.2, 0.25) is 0 Å². The molecule has 8 heteroatoms. The summed E-state index contributed by atoms with van der Waals surface area (Å²) in [5.74, 6) is 0.932. The quantitative estimate of drug-likeness (QED) is 0.223. The molecule has 0 saturated heterocycles. The maximum Gasteiger partial charge on any atom is 0.300 e. The lowest BCUT2D eigenvalue weighted by Crippen LogP contribution is -2.25. The van der Waals surface area contributed by atoms with Gasteiger partial charge in [0.1, 0.15) is 23.5 Å². The summed E-state index contributed by atoms with van der Waals surface area (Å²) in [6.45, 7) is 8.06. The second kappa shape index (κ2) is 11.2. The van der Waals surface area contributed by atoms with E-state index in [4.69, 9.17) is 15.6 Å². The van der Waals surface area contributed by atoms with E-state index >= 15 is 0 Å². The summed E-state index contributed by atoms with van der Waals surface area (Å²) < 4.78 is 5.90. The Morgan fingerprint density at radius 2 is 1.75 bits per heavy atom. The van der Waals surface area contributed by atoms with Gasteiger partial charge in [-0.2, -0.15) is 4.98 Å². The van der Waals surface area contributed by atoms with Gasteiger partial charge in [-0.3, -0.25) is 5.41 Å². The molecule has 4 aromatic rings. The summed E-state index contributed by atoms with van der Waals surface area (Å²) in [6.07, 6.45) is 7.35. The predicted octanol–water partition coefficient (Wildman–Crippen LogP) is 6.75. The fourth-order valence-electron chi connectivity index (χ4n) is 4.61. The molecule has 8 nitrogen and oxygen atoms in total. The molecule has 0 atom stereocenters. The van der Waals surface area contributed by atoms with Gasteiger partial charge < -0.3 is 20.8 Å². The van der Waals surface area contributed by atoms with Crippen LogP contribution in [-0.4, -0.2) is 26.7 Å². The van der Waals surface area contributed by atoms with Crippen molar-refractivity contribution in [3.05, 3.63) is 65.0 Å². The van der Waals surface area contributed by atoms with Gasteiger partial charge in [0.05, 0.1) is 11.3 Å². The van der Waals surface area contributed by atoms with Crippen LogP contribution >= 0.6 is 0 Å². The lowest BCUT2D eigenvalue weighted by atomic mass is 9.95. The molecule has 0 unspecified atom stereocenters. The largest absolute Gasteiger partial charge is 0.423 e. The van der Waals surface area contributed by atoms with E-state index in [0.717, 1.165) is 46.3 Å². The zero-order valence-electron chi connectivity index (χ0n) is 21.5. The van der Waals surface area contributed by atoms with Gasteiger partial charge in [-0.25, -0.2) is 9.97 Å². The number of aryl methyl sites for hydroxylation is 2. The van der Waals surface area contributed by atoms with E-state index < -0.39 is 0 Å². The molecule has 36 heavy (non-hydrogen) atoms. The molecule has 1 saturated carbocycles. The highest BCUT2D eigenvalue weighted by atomic mass is 16.4. The highest BCUT2D eigenvalue weighted by Crippen LogP contribution is 2.28. The molecule has 5 rings (SSSR count). The molecule has 5 N–H and O–H groups in total. The number of fused-ring (bicyclic) bond motifs is 1. The van der Waals surface area contributed by atoms with E-state index in [0.29, 0.717) is 29.3 Å². The topological polar surface area (TPSA) is 126 Å². The average Bonchev–Trinajstić information content (AvgIpc) is 3.29. The van der Waals surface area contributed by atoms with Gasteiger partial charge in [0.2, 0.25) is 0 Å². The molecular weight excluding hydrogens is 450 g/mol. The number of anilines is 4. The molecule has 1 aliphatic rings. The van der Waals surface area contributed by atoms with Crippen molar-refractivity contribution >= 4 is 40.1 Å². The smallest absolute Gasteiger partial charge is 0.300 e. The van der Waals surface area contributed by atoms with Gasteiger partial charge in [0.25, 0.3) is 6.01 Å². The van der Waals surface area contributed by atoms with E-state index in [2.05, 4.69) is 31.7 Å². The first kappa shape index (κ1) is 25.2. The third-order valence-electron chi connectivity index (χ3n) is 6.32. The minimum Gasteiger partial charge on any atom is -0.423 e. The fraction of sp³-hybridized carbons (Fsp3) is 0.357. The van der Waals surface area contributed by atoms with Crippen molar-refractivity contribution in [2.75, 3.05) is 16.4 Å². The fourth-order valence-corrected chi connectivity index (χ4v) is 4.61. The first-order valence-electron chi connectivity index (χ1n) is 12.7. The van der Waals surface area contributed by atoms with Crippen LogP contribution in [0.4, 0.5) is 23.3 Å². The van der Waals surface area contributed by atoms with Gasteiger partial charge in [-0.15, -0.1) is 0 Å². The standard InChI is InChI=1S/C26H29N7O.C2H6/c1-15-12-16(2)23-20(13-15)33-26(34-23)32-19-10-8-17(9-11-19)22(27)21-24(28)29-14-30-25(21)31-18-6-4-3-5-7-18;1-2/h8-14,18,27H,3-7H2,1-2H3,(H,32,33)(H3,28,29,30,31);1-2H3. The van der Waals surface area contributed by atoms with Crippen LogP contribution in [0.5, 0.6) is 0 Å². The summed E-state index contributed by atoms with van der Waals surface area (Å²) in [5, 5.41) is 15.5. The number of aromatic nitrogens is 3. The summed E-state index contributed by atoms with van der Waals surface area (Å²) >= 11 is 0. The van der Waals surface area contributed by atoms with Crippen LogP contribution in [0.1, 0.15) is 68.2 Å². The Hall–Kier alpha value is -3.94. The maximum absolute atomic E-state index is 8.83. The van der Waals surface area contributed by atoms with Crippen molar-refractivity contribution in [2.45, 2.75) is 65.8 Å². The zero-order chi connectivity index (χ0) is 25.7.